The Morgan fingerprint density at radius 2 is 2.00 bits per heavy atom. The highest BCUT2D eigenvalue weighted by atomic mass is 19.1. The number of rotatable bonds is 6. The van der Waals surface area contributed by atoms with Crippen molar-refractivity contribution in [2.45, 2.75) is 6.42 Å². The lowest BCUT2D eigenvalue weighted by atomic mass is 9.96. The van der Waals surface area contributed by atoms with E-state index in [-0.39, 0.29) is 17.6 Å². The molecule has 1 atom stereocenters. The van der Waals surface area contributed by atoms with Crippen LogP contribution >= 0.6 is 0 Å². The van der Waals surface area contributed by atoms with Crippen molar-refractivity contribution in [2.75, 3.05) is 57.9 Å². The number of ether oxygens (including phenoxy) is 2. The fourth-order valence-corrected chi connectivity index (χ4v) is 4.07. The summed E-state index contributed by atoms with van der Waals surface area (Å²) >= 11 is 0. The molecule has 160 valence electrons. The van der Waals surface area contributed by atoms with Crippen molar-refractivity contribution >= 4 is 11.6 Å². The molecule has 7 heteroatoms. The van der Waals surface area contributed by atoms with Crippen molar-refractivity contribution < 1.29 is 18.7 Å². The highest BCUT2D eigenvalue weighted by Gasteiger charge is 2.26. The summed E-state index contributed by atoms with van der Waals surface area (Å²) in [6, 6.07) is 12.6. The van der Waals surface area contributed by atoms with E-state index in [0.717, 1.165) is 49.8 Å². The third-order valence-electron chi connectivity index (χ3n) is 5.84. The highest BCUT2D eigenvalue weighted by Crippen LogP contribution is 2.30. The van der Waals surface area contributed by atoms with Gasteiger partial charge < -0.3 is 19.7 Å². The Labute approximate surface area is 176 Å². The van der Waals surface area contributed by atoms with Gasteiger partial charge in [0.25, 0.3) is 0 Å². The number of nitrogens with one attached hydrogen (secondary N) is 1. The van der Waals surface area contributed by atoms with Crippen LogP contribution in [0.3, 0.4) is 0 Å². The van der Waals surface area contributed by atoms with Crippen molar-refractivity contribution in [3.63, 3.8) is 0 Å². The van der Waals surface area contributed by atoms with Crippen molar-refractivity contribution in [3.8, 4) is 11.5 Å². The number of hydrogen-bond acceptors (Lipinski definition) is 5. The number of piperazine rings is 1. The summed E-state index contributed by atoms with van der Waals surface area (Å²) in [7, 11) is 1.63. The summed E-state index contributed by atoms with van der Waals surface area (Å²) < 4.78 is 25.0. The molecule has 0 aromatic heterocycles. The molecule has 2 heterocycles. The van der Waals surface area contributed by atoms with Gasteiger partial charge in [0.15, 0.2) is 0 Å². The van der Waals surface area contributed by atoms with Crippen LogP contribution in [0.15, 0.2) is 42.5 Å². The van der Waals surface area contributed by atoms with Gasteiger partial charge in [0.05, 0.1) is 18.7 Å². The van der Waals surface area contributed by atoms with E-state index < -0.39 is 0 Å². The highest BCUT2D eigenvalue weighted by molar-refractivity contribution is 5.79. The molecule has 1 amide bonds. The van der Waals surface area contributed by atoms with E-state index in [1.165, 1.54) is 6.07 Å². The molecule has 0 bridgehead atoms. The van der Waals surface area contributed by atoms with Crippen LogP contribution in [0.4, 0.5) is 10.1 Å². The lowest BCUT2D eigenvalue weighted by Gasteiger charge is -2.36. The molecule has 0 spiro atoms. The number of hydrogen-bond donors (Lipinski definition) is 1. The van der Waals surface area contributed by atoms with Gasteiger partial charge in [-0.25, -0.2) is 4.39 Å². The molecule has 4 rings (SSSR count). The van der Waals surface area contributed by atoms with Gasteiger partial charge in [0.2, 0.25) is 5.91 Å². The molecule has 0 aliphatic carbocycles. The SMILES string of the molecule is COc1ccc2c(c1)C[C@H](C(=O)NCCN1CCN(c3ccccc3F)CC1)CO2. The number of nitrogens with zero attached hydrogens (tertiary/aromatic N) is 2. The lowest BCUT2D eigenvalue weighted by Crippen LogP contribution is -2.49. The van der Waals surface area contributed by atoms with Gasteiger partial charge in [-0.3, -0.25) is 9.69 Å². The number of carbonyl (C=O) groups excluding carboxylic acids is 1. The summed E-state index contributed by atoms with van der Waals surface area (Å²) in [5.41, 5.74) is 1.67. The predicted octanol–water partition coefficient (Wildman–Crippen LogP) is 2.32. The minimum absolute atomic E-state index is 0.0217. The zero-order valence-electron chi connectivity index (χ0n) is 17.3. The molecule has 6 nitrogen and oxygen atoms in total. The average Bonchev–Trinajstić information content (AvgIpc) is 2.79. The molecule has 2 aromatic rings. The first-order valence-electron chi connectivity index (χ1n) is 10.4. The molecule has 2 aliphatic rings. The normalized spacial score (nSPS) is 19.0. The Kier molecular flexibility index (Phi) is 6.38. The average molecular weight is 413 g/mol. The van der Waals surface area contributed by atoms with E-state index in [1.807, 2.05) is 30.3 Å². The third-order valence-corrected chi connectivity index (χ3v) is 5.84. The van der Waals surface area contributed by atoms with Crippen LogP contribution in [0.1, 0.15) is 5.56 Å². The molecule has 2 aromatic carbocycles. The van der Waals surface area contributed by atoms with E-state index in [2.05, 4.69) is 15.1 Å². The zero-order chi connectivity index (χ0) is 20.9. The zero-order valence-corrected chi connectivity index (χ0v) is 17.3. The number of methoxy groups -OCH3 is 1. The van der Waals surface area contributed by atoms with Crippen molar-refractivity contribution in [2.24, 2.45) is 5.92 Å². The van der Waals surface area contributed by atoms with Gasteiger partial charge in [-0.2, -0.15) is 0 Å². The quantitative estimate of drug-likeness (QED) is 0.788. The van der Waals surface area contributed by atoms with Gasteiger partial charge >= 0.3 is 0 Å². The molecule has 1 fully saturated rings. The van der Waals surface area contributed by atoms with Crippen molar-refractivity contribution in [3.05, 3.63) is 53.8 Å². The van der Waals surface area contributed by atoms with Crippen LogP contribution in [-0.2, 0) is 11.2 Å². The summed E-state index contributed by atoms with van der Waals surface area (Å²) in [6.45, 7) is 5.04. The van der Waals surface area contributed by atoms with Gasteiger partial charge in [-0.1, -0.05) is 12.1 Å². The van der Waals surface area contributed by atoms with Crippen LogP contribution in [-0.4, -0.2) is 63.8 Å². The minimum Gasteiger partial charge on any atom is -0.497 e. The van der Waals surface area contributed by atoms with E-state index in [0.29, 0.717) is 25.3 Å². The van der Waals surface area contributed by atoms with E-state index in [1.54, 1.807) is 13.2 Å². The second kappa shape index (κ2) is 9.34. The van der Waals surface area contributed by atoms with Crippen molar-refractivity contribution in [1.29, 1.82) is 0 Å². The number of benzene rings is 2. The third kappa shape index (κ3) is 4.67. The first-order valence-corrected chi connectivity index (χ1v) is 10.4. The number of carbonyl (C=O) groups is 1. The standard InChI is InChI=1S/C23H28FN3O3/c1-29-19-6-7-22-17(15-19)14-18(16-30-22)23(28)25-8-9-26-10-12-27(13-11-26)21-5-3-2-4-20(21)24/h2-7,15,18H,8-14,16H2,1H3,(H,25,28)/t18-/m0/s1. The Balaban J connectivity index is 1.21. The second-order valence-corrected chi connectivity index (χ2v) is 7.76. The monoisotopic (exact) mass is 413 g/mol. The minimum atomic E-state index is -0.192. The molecule has 1 saturated heterocycles. The largest absolute Gasteiger partial charge is 0.497 e. The molecule has 0 unspecified atom stereocenters. The maximum Gasteiger partial charge on any atom is 0.226 e. The summed E-state index contributed by atoms with van der Waals surface area (Å²) in [5, 5.41) is 3.05. The summed E-state index contributed by atoms with van der Waals surface area (Å²) in [4.78, 5) is 17.0. The Bertz CT molecular complexity index is 884. The number of halogens is 1. The maximum atomic E-state index is 14.0. The Hall–Kier alpha value is -2.80. The Morgan fingerprint density at radius 3 is 2.77 bits per heavy atom. The fraction of sp³-hybridized carbons (Fsp3) is 0.435. The van der Waals surface area contributed by atoms with Crippen LogP contribution in [0.25, 0.3) is 0 Å². The molecule has 0 saturated carbocycles. The number of para-hydroxylation sites is 1. The molecular formula is C23H28FN3O3. The van der Waals surface area contributed by atoms with Crippen LogP contribution in [0.5, 0.6) is 11.5 Å². The van der Waals surface area contributed by atoms with E-state index >= 15 is 0 Å². The first kappa shape index (κ1) is 20.5. The van der Waals surface area contributed by atoms with Gasteiger partial charge in [-0.15, -0.1) is 0 Å². The number of anilines is 1. The van der Waals surface area contributed by atoms with Gasteiger partial charge in [0.1, 0.15) is 23.9 Å². The first-order chi connectivity index (χ1) is 14.6. The van der Waals surface area contributed by atoms with Crippen LogP contribution < -0.4 is 19.7 Å². The maximum absolute atomic E-state index is 14.0. The predicted molar refractivity (Wildman–Crippen MR) is 114 cm³/mol. The lowest BCUT2D eigenvalue weighted by molar-refractivity contribution is -0.126. The van der Waals surface area contributed by atoms with E-state index in [9.17, 15) is 9.18 Å². The van der Waals surface area contributed by atoms with Gasteiger partial charge in [-0.05, 0) is 42.3 Å². The van der Waals surface area contributed by atoms with Gasteiger partial charge in [0, 0.05) is 39.3 Å². The molecule has 30 heavy (non-hydrogen) atoms. The smallest absolute Gasteiger partial charge is 0.226 e. The van der Waals surface area contributed by atoms with Crippen LogP contribution in [0, 0.1) is 11.7 Å². The molecule has 0 radical (unpaired) electrons. The number of fused-ring (bicyclic) bond motifs is 1. The number of amides is 1. The molecule has 2 aliphatic heterocycles. The van der Waals surface area contributed by atoms with Crippen molar-refractivity contribution in [1.82, 2.24) is 10.2 Å². The summed E-state index contributed by atoms with van der Waals surface area (Å²) in [5.74, 6) is 1.25. The van der Waals surface area contributed by atoms with E-state index in [4.69, 9.17) is 9.47 Å². The second-order valence-electron chi connectivity index (χ2n) is 7.76. The molecule has 1 N–H and O–H groups in total. The fourth-order valence-electron chi connectivity index (χ4n) is 4.07. The summed E-state index contributed by atoms with van der Waals surface area (Å²) in [6.07, 6.45) is 0.652. The molecular weight excluding hydrogens is 385 g/mol. The Morgan fingerprint density at radius 1 is 1.20 bits per heavy atom. The van der Waals surface area contributed by atoms with Crippen LogP contribution in [0.2, 0.25) is 0 Å². The topological polar surface area (TPSA) is 54.0 Å².